The van der Waals surface area contributed by atoms with E-state index in [-0.39, 0.29) is 12.0 Å². The number of ether oxygens (including phenoxy) is 1. The van der Waals surface area contributed by atoms with Crippen molar-refractivity contribution in [3.63, 3.8) is 0 Å². The molecule has 0 radical (unpaired) electrons. The average Bonchev–Trinajstić information content (AvgIpc) is 2.88. The molecule has 0 spiro atoms. The molecule has 1 heterocycles. The van der Waals surface area contributed by atoms with E-state index in [2.05, 4.69) is 5.32 Å². The molecule has 3 nitrogen and oxygen atoms in total. The van der Waals surface area contributed by atoms with Crippen LogP contribution in [0, 0.1) is 0 Å². The van der Waals surface area contributed by atoms with Crippen LogP contribution >= 0.6 is 11.6 Å². The van der Waals surface area contributed by atoms with Gasteiger partial charge in [-0.2, -0.15) is 0 Å². The van der Waals surface area contributed by atoms with Gasteiger partial charge in [0, 0.05) is 24.3 Å². The van der Waals surface area contributed by atoms with E-state index in [9.17, 15) is 4.79 Å². The zero-order chi connectivity index (χ0) is 12.8. The molecule has 1 aromatic carbocycles. The van der Waals surface area contributed by atoms with Crippen LogP contribution < -0.4 is 5.32 Å². The Morgan fingerprint density at radius 1 is 1.50 bits per heavy atom. The molecule has 4 heteroatoms. The number of rotatable bonds is 4. The molecule has 1 N–H and O–H groups in total. The van der Waals surface area contributed by atoms with Crippen LogP contribution in [0.4, 0.5) is 0 Å². The van der Waals surface area contributed by atoms with Gasteiger partial charge in [-0.05, 0) is 30.5 Å². The lowest BCUT2D eigenvalue weighted by atomic mass is 10.2. The number of benzene rings is 1. The van der Waals surface area contributed by atoms with Crippen molar-refractivity contribution in [2.75, 3.05) is 13.2 Å². The minimum atomic E-state index is -0.120. The number of carbonyl (C=O) groups is 1. The van der Waals surface area contributed by atoms with Crippen LogP contribution in [0.2, 0.25) is 5.02 Å². The van der Waals surface area contributed by atoms with E-state index < -0.39 is 0 Å². The van der Waals surface area contributed by atoms with E-state index in [4.69, 9.17) is 16.3 Å². The summed E-state index contributed by atoms with van der Waals surface area (Å²) in [5.41, 5.74) is 0.839. The number of amides is 1. The molecule has 0 aromatic heterocycles. The van der Waals surface area contributed by atoms with Crippen molar-refractivity contribution in [3.05, 3.63) is 40.9 Å². The largest absolute Gasteiger partial charge is 0.376 e. The van der Waals surface area contributed by atoms with Gasteiger partial charge in [0.25, 0.3) is 0 Å². The topological polar surface area (TPSA) is 38.3 Å². The maximum atomic E-state index is 11.6. The fourth-order valence-corrected chi connectivity index (χ4v) is 2.05. The van der Waals surface area contributed by atoms with Gasteiger partial charge >= 0.3 is 0 Å². The normalized spacial score (nSPS) is 19.3. The van der Waals surface area contributed by atoms with E-state index in [0.717, 1.165) is 25.0 Å². The van der Waals surface area contributed by atoms with Crippen molar-refractivity contribution < 1.29 is 9.53 Å². The zero-order valence-electron chi connectivity index (χ0n) is 10.1. The van der Waals surface area contributed by atoms with E-state index in [1.165, 1.54) is 6.08 Å². The molecule has 0 bridgehead atoms. The molecule has 1 saturated heterocycles. The van der Waals surface area contributed by atoms with Crippen LogP contribution in [0.3, 0.4) is 0 Å². The van der Waals surface area contributed by atoms with E-state index in [0.29, 0.717) is 11.6 Å². The number of hydrogen-bond acceptors (Lipinski definition) is 2. The Morgan fingerprint density at radius 3 is 3.06 bits per heavy atom. The fraction of sp³-hybridized carbons (Fsp3) is 0.357. The van der Waals surface area contributed by atoms with E-state index >= 15 is 0 Å². The van der Waals surface area contributed by atoms with Crippen molar-refractivity contribution in [3.8, 4) is 0 Å². The van der Waals surface area contributed by atoms with Gasteiger partial charge in [-0.15, -0.1) is 0 Å². The molecule has 18 heavy (non-hydrogen) atoms. The molecule has 0 saturated carbocycles. The summed E-state index contributed by atoms with van der Waals surface area (Å²) in [5.74, 6) is -0.120. The summed E-state index contributed by atoms with van der Waals surface area (Å²) < 4.78 is 5.43. The molecule has 1 aliphatic heterocycles. The standard InChI is InChI=1S/C14H16ClNO2/c15-13-6-2-1-4-11(13)7-8-14(17)16-10-12-5-3-9-18-12/h1-2,4,6-8,12H,3,5,9-10H2,(H,16,17)/b8-7+/t12-/m0/s1. The van der Waals surface area contributed by atoms with Crippen LogP contribution in [-0.2, 0) is 9.53 Å². The monoisotopic (exact) mass is 265 g/mol. The minimum absolute atomic E-state index is 0.120. The third kappa shape index (κ3) is 3.86. The molecular formula is C14H16ClNO2. The molecule has 2 rings (SSSR count). The molecule has 1 aliphatic rings. The SMILES string of the molecule is O=C(/C=C/c1ccccc1Cl)NC[C@@H]1CCCO1. The summed E-state index contributed by atoms with van der Waals surface area (Å²) in [4.78, 5) is 11.6. The predicted molar refractivity (Wildman–Crippen MR) is 72.5 cm³/mol. The number of nitrogens with one attached hydrogen (secondary N) is 1. The van der Waals surface area contributed by atoms with Crippen molar-refractivity contribution in [1.29, 1.82) is 0 Å². The fourth-order valence-electron chi connectivity index (χ4n) is 1.85. The lowest BCUT2D eigenvalue weighted by Crippen LogP contribution is -2.30. The van der Waals surface area contributed by atoms with Gasteiger partial charge < -0.3 is 10.1 Å². The first-order valence-corrected chi connectivity index (χ1v) is 6.45. The van der Waals surface area contributed by atoms with Gasteiger partial charge in [-0.3, -0.25) is 4.79 Å². The molecule has 0 aliphatic carbocycles. The maximum absolute atomic E-state index is 11.6. The van der Waals surface area contributed by atoms with Gasteiger partial charge in [0.2, 0.25) is 5.91 Å². The molecule has 1 fully saturated rings. The Hall–Kier alpha value is -1.32. The van der Waals surface area contributed by atoms with Crippen LogP contribution in [0.25, 0.3) is 6.08 Å². The van der Waals surface area contributed by atoms with Crippen LogP contribution in [-0.4, -0.2) is 25.2 Å². The summed E-state index contributed by atoms with van der Waals surface area (Å²) in [6.45, 7) is 1.38. The summed E-state index contributed by atoms with van der Waals surface area (Å²) in [6.07, 6.45) is 5.48. The van der Waals surface area contributed by atoms with E-state index in [1.54, 1.807) is 12.1 Å². The summed E-state index contributed by atoms with van der Waals surface area (Å²) in [7, 11) is 0. The van der Waals surface area contributed by atoms with Crippen molar-refractivity contribution in [1.82, 2.24) is 5.32 Å². The molecule has 0 unspecified atom stereocenters. The Balaban J connectivity index is 1.81. The molecule has 1 aromatic rings. The first-order chi connectivity index (χ1) is 8.75. The van der Waals surface area contributed by atoms with Crippen molar-refractivity contribution in [2.45, 2.75) is 18.9 Å². The highest BCUT2D eigenvalue weighted by Crippen LogP contribution is 2.16. The van der Waals surface area contributed by atoms with Crippen molar-refractivity contribution >= 4 is 23.6 Å². The first-order valence-electron chi connectivity index (χ1n) is 6.08. The summed E-state index contributed by atoms with van der Waals surface area (Å²) >= 11 is 5.99. The van der Waals surface area contributed by atoms with Gasteiger partial charge in [-0.25, -0.2) is 0 Å². The molecule has 96 valence electrons. The third-order valence-electron chi connectivity index (χ3n) is 2.85. The Bertz CT molecular complexity index is 439. The zero-order valence-corrected chi connectivity index (χ0v) is 10.8. The Labute approximate surface area is 112 Å². The second-order valence-corrected chi connectivity index (χ2v) is 4.64. The predicted octanol–water partition coefficient (Wildman–Crippen LogP) is 2.65. The van der Waals surface area contributed by atoms with Gasteiger partial charge in [0.05, 0.1) is 6.10 Å². The van der Waals surface area contributed by atoms with Gasteiger partial charge in [-0.1, -0.05) is 29.8 Å². The van der Waals surface area contributed by atoms with Gasteiger partial charge in [0.1, 0.15) is 0 Å². The molecule has 1 atom stereocenters. The number of hydrogen-bond donors (Lipinski definition) is 1. The molecular weight excluding hydrogens is 250 g/mol. The number of halogens is 1. The Morgan fingerprint density at radius 2 is 2.33 bits per heavy atom. The number of carbonyl (C=O) groups excluding carboxylic acids is 1. The van der Waals surface area contributed by atoms with Crippen LogP contribution in [0.15, 0.2) is 30.3 Å². The Kier molecular flexibility index (Phi) is 4.79. The first kappa shape index (κ1) is 13.1. The smallest absolute Gasteiger partial charge is 0.244 e. The quantitative estimate of drug-likeness (QED) is 0.850. The highest BCUT2D eigenvalue weighted by Gasteiger charge is 2.15. The van der Waals surface area contributed by atoms with Gasteiger partial charge in [0.15, 0.2) is 0 Å². The van der Waals surface area contributed by atoms with Crippen LogP contribution in [0.5, 0.6) is 0 Å². The third-order valence-corrected chi connectivity index (χ3v) is 3.19. The highest BCUT2D eigenvalue weighted by atomic mass is 35.5. The van der Waals surface area contributed by atoms with Crippen molar-refractivity contribution in [2.24, 2.45) is 0 Å². The summed E-state index contributed by atoms with van der Waals surface area (Å²) in [6, 6.07) is 7.41. The second-order valence-electron chi connectivity index (χ2n) is 4.24. The maximum Gasteiger partial charge on any atom is 0.244 e. The van der Waals surface area contributed by atoms with Crippen LogP contribution in [0.1, 0.15) is 18.4 Å². The lowest BCUT2D eigenvalue weighted by Gasteiger charge is -2.08. The average molecular weight is 266 g/mol. The van der Waals surface area contributed by atoms with E-state index in [1.807, 2.05) is 18.2 Å². The molecule has 1 amide bonds. The summed E-state index contributed by atoms with van der Waals surface area (Å²) in [5, 5.41) is 3.46. The highest BCUT2D eigenvalue weighted by molar-refractivity contribution is 6.32. The second kappa shape index (κ2) is 6.57. The lowest BCUT2D eigenvalue weighted by molar-refractivity contribution is -0.116. The minimum Gasteiger partial charge on any atom is -0.376 e.